The second-order valence-electron chi connectivity index (χ2n) is 7.52. The summed E-state index contributed by atoms with van der Waals surface area (Å²) in [5.74, 6) is -1.07. The van der Waals surface area contributed by atoms with Gasteiger partial charge < -0.3 is 4.74 Å². The maximum absolute atomic E-state index is 13.1. The quantitative estimate of drug-likeness (QED) is 0.270. The number of hydrogen-bond donors (Lipinski definition) is 1. The van der Waals surface area contributed by atoms with E-state index in [0.717, 1.165) is 20.5 Å². The van der Waals surface area contributed by atoms with Gasteiger partial charge in [-0.3, -0.25) is 14.9 Å². The molecule has 1 saturated heterocycles. The fraction of sp³-hybridized carbons (Fsp3) is 0.0800. The highest BCUT2D eigenvalue weighted by Gasteiger charge is 2.36. The Balaban J connectivity index is 1.60. The van der Waals surface area contributed by atoms with Gasteiger partial charge in [0.1, 0.15) is 12.2 Å². The van der Waals surface area contributed by atoms with Crippen LogP contribution < -0.4 is 15.0 Å². The van der Waals surface area contributed by atoms with E-state index < -0.39 is 17.8 Å². The summed E-state index contributed by atoms with van der Waals surface area (Å²) in [7, 11) is 0. The highest BCUT2D eigenvalue weighted by molar-refractivity contribution is 9.10. The zero-order valence-electron chi connectivity index (χ0n) is 17.8. The van der Waals surface area contributed by atoms with E-state index in [9.17, 15) is 14.4 Å². The van der Waals surface area contributed by atoms with E-state index in [1.54, 1.807) is 36.4 Å². The monoisotopic (exact) mass is 602 g/mol. The number of hydrogen-bond acceptors (Lipinski definition) is 4. The topological polar surface area (TPSA) is 75.7 Å². The summed E-state index contributed by atoms with van der Waals surface area (Å²) in [6.07, 6.45) is 1.39. The standard InChI is InChI=1S/C25H17Br2ClN2O4/c1-14-2-8-18(9-3-14)30-24(32)19(23(31)29-25(30)33)10-16-11-20(27)22(21(28)12-16)34-13-15-4-6-17(26)7-5-15/h2-12H,13H2,1H3,(H,29,31,33)/b19-10+. The van der Waals surface area contributed by atoms with Gasteiger partial charge in [0.15, 0.2) is 5.75 Å². The Hall–Kier alpha value is -2.94. The van der Waals surface area contributed by atoms with Crippen LogP contribution >= 0.6 is 43.5 Å². The number of aryl methyl sites for hydroxylation is 1. The fourth-order valence-corrected chi connectivity index (χ4v) is 4.54. The van der Waals surface area contributed by atoms with Crippen LogP contribution in [0.25, 0.3) is 6.08 Å². The molecule has 0 aliphatic carbocycles. The molecule has 0 bridgehead atoms. The SMILES string of the molecule is Cc1ccc(N2C(=O)NC(=O)/C(=C\c3cc(Cl)c(OCc4ccc(Br)cc4)c(Br)c3)C2=O)cc1. The second kappa shape index (κ2) is 10.1. The zero-order chi connectivity index (χ0) is 24.4. The molecule has 3 aromatic rings. The van der Waals surface area contributed by atoms with E-state index in [0.29, 0.717) is 33.1 Å². The van der Waals surface area contributed by atoms with Gasteiger partial charge in [0, 0.05) is 4.47 Å². The number of nitrogens with one attached hydrogen (secondary N) is 1. The van der Waals surface area contributed by atoms with Crippen LogP contribution in [0.1, 0.15) is 16.7 Å². The number of ether oxygens (including phenoxy) is 1. The predicted octanol–water partition coefficient (Wildman–Crippen LogP) is 6.42. The van der Waals surface area contributed by atoms with Crippen molar-refractivity contribution in [1.29, 1.82) is 0 Å². The minimum Gasteiger partial charge on any atom is -0.486 e. The molecule has 6 nitrogen and oxygen atoms in total. The van der Waals surface area contributed by atoms with E-state index in [1.807, 2.05) is 31.2 Å². The largest absolute Gasteiger partial charge is 0.486 e. The van der Waals surface area contributed by atoms with Crippen LogP contribution in [0.4, 0.5) is 10.5 Å². The third kappa shape index (κ3) is 5.24. The van der Waals surface area contributed by atoms with Crippen LogP contribution in [0, 0.1) is 6.92 Å². The molecule has 0 unspecified atom stereocenters. The lowest BCUT2D eigenvalue weighted by Crippen LogP contribution is -2.54. The molecule has 3 aromatic carbocycles. The van der Waals surface area contributed by atoms with Gasteiger partial charge in [-0.1, -0.05) is 57.4 Å². The van der Waals surface area contributed by atoms with Gasteiger partial charge in [-0.05, 0) is 76.5 Å². The molecule has 1 aliphatic heterocycles. The van der Waals surface area contributed by atoms with Crippen molar-refractivity contribution in [2.24, 2.45) is 0 Å². The van der Waals surface area contributed by atoms with Crippen LogP contribution in [-0.2, 0) is 16.2 Å². The summed E-state index contributed by atoms with van der Waals surface area (Å²) in [5.41, 5.74) is 2.60. The molecule has 34 heavy (non-hydrogen) atoms. The summed E-state index contributed by atoms with van der Waals surface area (Å²) in [6.45, 7) is 2.20. The number of anilines is 1. The molecule has 1 fully saturated rings. The summed E-state index contributed by atoms with van der Waals surface area (Å²) in [4.78, 5) is 38.8. The first kappa shape index (κ1) is 24.2. The summed E-state index contributed by atoms with van der Waals surface area (Å²) in [5, 5.41) is 2.51. The minimum absolute atomic E-state index is 0.188. The number of carbonyl (C=O) groups is 3. The van der Waals surface area contributed by atoms with Crippen LogP contribution in [0.15, 0.2) is 75.2 Å². The van der Waals surface area contributed by atoms with Crippen molar-refractivity contribution in [3.05, 3.63) is 96.9 Å². The Kier molecular flexibility index (Phi) is 7.21. The van der Waals surface area contributed by atoms with Crippen LogP contribution in [0.3, 0.4) is 0 Å². The normalized spacial score (nSPS) is 15.0. The Morgan fingerprint density at radius 2 is 1.68 bits per heavy atom. The van der Waals surface area contributed by atoms with Gasteiger partial charge in [0.25, 0.3) is 11.8 Å². The van der Waals surface area contributed by atoms with Crippen molar-refractivity contribution >= 4 is 73.1 Å². The number of rotatable bonds is 5. The van der Waals surface area contributed by atoms with Crippen molar-refractivity contribution in [2.75, 3.05) is 4.90 Å². The Labute approximate surface area is 217 Å². The summed E-state index contributed by atoms with van der Waals surface area (Å²) in [6, 6.07) is 17.0. The van der Waals surface area contributed by atoms with Gasteiger partial charge in [0.05, 0.1) is 15.2 Å². The number of amides is 4. The van der Waals surface area contributed by atoms with Crippen LogP contribution in [0.5, 0.6) is 5.75 Å². The smallest absolute Gasteiger partial charge is 0.335 e. The summed E-state index contributed by atoms with van der Waals surface area (Å²) >= 11 is 13.3. The molecular weight excluding hydrogens is 588 g/mol. The zero-order valence-corrected chi connectivity index (χ0v) is 21.7. The fourth-order valence-electron chi connectivity index (χ4n) is 3.29. The molecule has 1 aliphatic rings. The van der Waals surface area contributed by atoms with Crippen molar-refractivity contribution in [3.8, 4) is 5.75 Å². The van der Waals surface area contributed by atoms with Crippen molar-refractivity contribution in [3.63, 3.8) is 0 Å². The number of halogens is 3. The third-order valence-corrected chi connectivity index (χ3v) is 6.42. The lowest BCUT2D eigenvalue weighted by atomic mass is 10.1. The van der Waals surface area contributed by atoms with E-state index in [2.05, 4.69) is 37.2 Å². The number of benzene rings is 3. The predicted molar refractivity (Wildman–Crippen MR) is 138 cm³/mol. The summed E-state index contributed by atoms with van der Waals surface area (Å²) < 4.78 is 7.39. The third-order valence-electron chi connectivity index (χ3n) is 5.02. The lowest BCUT2D eigenvalue weighted by Gasteiger charge is -2.26. The molecule has 0 aromatic heterocycles. The molecule has 0 atom stereocenters. The molecule has 4 rings (SSSR count). The van der Waals surface area contributed by atoms with Crippen LogP contribution in [0.2, 0.25) is 5.02 Å². The van der Waals surface area contributed by atoms with Crippen molar-refractivity contribution in [1.82, 2.24) is 5.32 Å². The van der Waals surface area contributed by atoms with Crippen molar-refractivity contribution < 1.29 is 19.1 Å². The lowest BCUT2D eigenvalue weighted by molar-refractivity contribution is -0.122. The molecule has 4 amide bonds. The maximum atomic E-state index is 13.1. The number of imide groups is 2. The average molecular weight is 605 g/mol. The van der Waals surface area contributed by atoms with Crippen LogP contribution in [-0.4, -0.2) is 17.8 Å². The highest BCUT2D eigenvalue weighted by Crippen LogP contribution is 2.36. The van der Waals surface area contributed by atoms with Gasteiger partial charge in [-0.15, -0.1) is 0 Å². The average Bonchev–Trinajstić information content (AvgIpc) is 2.78. The minimum atomic E-state index is -0.799. The van der Waals surface area contributed by atoms with Crippen molar-refractivity contribution in [2.45, 2.75) is 13.5 Å². The molecule has 0 radical (unpaired) electrons. The first-order valence-electron chi connectivity index (χ1n) is 10.1. The Morgan fingerprint density at radius 3 is 2.32 bits per heavy atom. The first-order valence-corrected chi connectivity index (χ1v) is 12.0. The molecular formula is C25H17Br2ClN2O4. The number of urea groups is 1. The molecule has 9 heteroatoms. The number of nitrogens with zero attached hydrogens (tertiary/aromatic N) is 1. The number of barbiturate groups is 1. The first-order chi connectivity index (χ1) is 16.2. The van der Waals surface area contributed by atoms with Gasteiger partial charge in [-0.2, -0.15) is 0 Å². The Bertz CT molecular complexity index is 1300. The van der Waals surface area contributed by atoms with E-state index in [1.165, 1.54) is 6.08 Å². The molecule has 0 spiro atoms. The van der Waals surface area contributed by atoms with Gasteiger partial charge in [0.2, 0.25) is 0 Å². The highest BCUT2D eigenvalue weighted by atomic mass is 79.9. The second-order valence-corrected chi connectivity index (χ2v) is 9.70. The van der Waals surface area contributed by atoms with E-state index in [-0.39, 0.29) is 5.57 Å². The molecule has 172 valence electrons. The molecule has 1 N–H and O–H groups in total. The van der Waals surface area contributed by atoms with E-state index in [4.69, 9.17) is 16.3 Å². The van der Waals surface area contributed by atoms with Gasteiger partial charge >= 0.3 is 6.03 Å². The molecule has 0 saturated carbocycles. The van der Waals surface area contributed by atoms with Gasteiger partial charge in [-0.25, -0.2) is 9.69 Å². The Morgan fingerprint density at radius 1 is 1.00 bits per heavy atom. The number of carbonyl (C=O) groups excluding carboxylic acids is 3. The maximum Gasteiger partial charge on any atom is 0.335 e. The van der Waals surface area contributed by atoms with E-state index >= 15 is 0 Å². The molecule has 1 heterocycles.